The minimum absolute atomic E-state index is 0.00431. The van der Waals surface area contributed by atoms with Crippen LogP contribution in [0.1, 0.15) is 33.1 Å². The molecule has 1 saturated heterocycles. The number of alkyl halides is 3. The molecule has 0 radical (unpaired) electrons. The molecule has 3 N–H and O–H groups in total. The summed E-state index contributed by atoms with van der Waals surface area (Å²) in [4.78, 5) is 11.5. The van der Waals surface area contributed by atoms with Crippen molar-refractivity contribution in [1.29, 1.82) is 0 Å². The zero-order valence-corrected chi connectivity index (χ0v) is 23.5. The zero-order chi connectivity index (χ0) is 27.7. The van der Waals surface area contributed by atoms with Crippen LogP contribution in [0.5, 0.6) is 0 Å². The molecule has 38 heavy (non-hydrogen) atoms. The second-order valence-corrected chi connectivity index (χ2v) is 12.1. The summed E-state index contributed by atoms with van der Waals surface area (Å²) in [6, 6.07) is 0.603. The van der Waals surface area contributed by atoms with Gasteiger partial charge in [0.2, 0.25) is 5.96 Å². The molecule has 7 nitrogen and oxygen atoms in total. The van der Waals surface area contributed by atoms with Crippen molar-refractivity contribution in [3.05, 3.63) is 60.2 Å². The van der Waals surface area contributed by atoms with E-state index < -0.39 is 11.7 Å². The number of hydrogen-bond acceptors (Lipinski definition) is 6. The maximum atomic E-state index is 13.7. The normalized spacial score (nSPS) is 24.2. The van der Waals surface area contributed by atoms with E-state index >= 15 is 0 Å². The van der Waals surface area contributed by atoms with E-state index in [-0.39, 0.29) is 38.0 Å². The number of guanidine groups is 1. The minimum atomic E-state index is -4.60. The molecule has 3 aliphatic rings. The Morgan fingerprint density at radius 1 is 1.37 bits per heavy atom. The van der Waals surface area contributed by atoms with Crippen molar-refractivity contribution in [2.45, 2.75) is 51.4 Å². The Kier molecular flexibility index (Phi) is 11.0. The lowest BCUT2D eigenvalue weighted by atomic mass is 10.1. The highest BCUT2D eigenvalue weighted by Gasteiger charge is 2.37. The number of allylic oxidation sites excluding steroid dienone is 3. The summed E-state index contributed by atoms with van der Waals surface area (Å²) in [5.41, 5.74) is -0.575. The van der Waals surface area contributed by atoms with Gasteiger partial charge >= 0.3 is 6.18 Å². The van der Waals surface area contributed by atoms with Crippen molar-refractivity contribution in [2.75, 3.05) is 45.4 Å². The van der Waals surface area contributed by atoms with Gasteiger partial charge in [-0.05, 0) is 56.8 Å². The van der Waals surface area contributed by atoms with Gasteiger partial charge in [0.25, 0.3) is 0 Å². The predicted molar refractivity (Wildman–Crippen MR) is 152 cm³/mol. The molecule has 0 amide bonds. The first-order valence-corrected chi connectivity index (χ1v) is 15.0. The quantitative estimate of drug-likeness (QED) is 0.217. The number of methoxy groups -OCH3 is 1. The average molecular weight is 553 g/mol. The van der Waals surface area contributed by atoms with Crippen LogP contribution in [-0.2, 0) is 4.74 Å². The van der Waals surface area contributed by atoms with Crippen LogP contribution >= 0.6 is 7.92 Å². The van der Waals surface area contributed by atoms with Crippen molar-refractivity contribution in [1.82, 2.24) is 20.9 Å². The Balaban J connectivity index is 1.77. The van der Waals surface area contributed by atoms with Crippen molar-refractivity contribution in [2.24, 2.45) is 9.98 Å². The van der Waals surface area contributed by atoms with Crippen molar-refractivity contribution in [3.8, 4) is 0 Å². The van der Waals surface area contributed by atoms with E-state index in [9.17, 15) is 13.2 Å². The van der Waals surface area contributed by atoms with Crippen molar-refractivity contribution < 1.29 is 17.9 Å². The number of nitrogens with one attached hydrogen (secondary N) is 3. The molecule has 1 atom stereocenters. The maximum Gasteiger partial charge on any atom is 0.418 e. The fourth-order valence-electron chi connectivity index (χ4n) is 4.15. The van der Waals surface area contributed by atoms with Crippen LogP contribution in [0.15, 0.2) is 70.2 Å². The number of amidine groups is 1. The van der Waals surface area contributed by atoms with Gasteiger partial charge < -0.3 is 20.7 Å². The summed E-state index contributed by atoms with van der Waals surface area (Å²) in [5.74, 6) is 0.713. The minimum Gasteiger partial charge on any atom is -0.495 e. The molecule has 0 aromatic heterocycles. The first-order chi connectivity index (χ1) is 18.2. The van der Waals surface area contributed by atoms with Crippen LogP contribution in [-0.4, -0.2) is 80.3 Å². The molecule has 3 rings (SSSR count). The highest BCUT2D eigenvalue weighted by Crippen LogP contribution is 2.40. The molecule has 0 aromatic carbocycles. The highest BCUT2D eigenvalue weighted by atomic mass is 31.1. The summed E-state index contributed by atoms with van der Waals surface area (Å²) in [7, 11) is 1.47. The Morgan fingerprint density at radius 3 is 2.66 bits per heavy atom. The maximum absolute atomic E-state index is 13.7. The van der Waals surface area contributed by atoms with Gasteiger partial charge in [-0.1, -0.05) is 26.2 Å². The van der Waals surface area contributed by atoms with E-state index in [1.807, 2.05) is 19.9 Å². The van der Waals surface area contributed by atoms with E-state index in [1.165, 1.54) is 38.3 Å². The van der Waals surface area contributed by atoms with E-state index in [1.54, 1.807) is 13.2 Å². The number of hydrogen-bond donors (Lipinski definition) is 3. The average Bonchev–Trinajstić information content (AvgIpc) is 3.72. The molecule has 1 aliphatic carbocycles. The van der Waals surface area contributed by atoms with Gasteiger partial charge in [-0.25, -0.2) is 4.99 Å². The lowest BCUT2D eigenvalue weighted by Gasteiger charge is -2.31. The van der Waals surface area contributed by atoms with Gasteiger partial charge in [0, 0.05) is 36.9 Å². The van der Waals surface area contributed by atoms with Crippen LogP contribution in [0, 0.1) is 0 Å². The Labute approximate surface area is 225 Å². The third-order valence-electron chi connectivity index (χ3n) is 6.71. The highest BCUT2D eigenvalue weighted by molar-refractivity contribution is 7.57. The second kappa shape index (κ2) is 14.0. The molecule has 2 aliphatic heterocycles. The molecule has 2 heterocycles. The fraction of sp³-hybridized carbons (Fsp3) is 0.556. The van der Waals surface area contributed by atoms with Crippen LogP contribution in [0.2, 0.25) is 0 Å². The van der Waals surface area contributed by atoms with Gasteiger partial charge in [0.1, 0.15) is 18.3 Å². The summed E-state index contributed by atoms with van der Waals surface area (Å²) in [6.45, 7) is 13.6. The number of rotatable bonds is 9. The van der Waals surface area contributed by atoms with Gasteiger partial charge in [0.15, 0.2) is 0 Å². The molecule has 210 valence electrons. The van der Waals surface area contributed by atoms with Gasteiger partial charge in [-0.15, -0.1) is 7.92 Å². The van der Waals surface area contributed by atoms with Crippen molar-refractivity contribution >= 4 is 19.7 Å². The Hall–Kier alpha value is -2.58. The smallest absolute Gasteiger partial charge is 0.418 e. The topological polar surface area (TPSA) is 73.3 Å². The number of ether oxygens (including phenoxy) is 1. The number of halogens is 3. The third kappa shape index (κ3) is 8.73. The monoisotopic (exact) mass is 552 g/mol. The van der Waals surface area contributed by atoms with Crippen molar-refractivity contribution in [3.63, 3.8) is 0 Å². The largest absolute Gasteiger partial charge is 0.495 e. The Bertz CT molecular complexity index is 1000. The lowest BCUT2D eigenvalue weighted by molar-refractivity contribution is -0.0891. The summed E-state index contributed by atoms with van der Waals surface area (Å²) < 4.78 is 46.7. The molecular weight excluding hydrogens is 512 g/mol. The number of aliphatic imine (C=N–C) groups is 2. The summed E-state index contributed by atoms with van der Waals surface area (Å²) >= 11 is 0. The third-order valence-corrected chi connectivity index (χ3v) is 9.10. The molecule has 2 fully saturated rings. The molecular formula is C27H40F3N6OP. The molecule has 0 spiro atoms. The molecule has 1 unspecified atom stereocenters. The van der Waals surface area contributed by atoms with Crippen LogP contribution in [0.25, 0.3) is 0 Å². The number of nitrogens with zero attached hydrogens (tertiary/aromatic N) is 3. The molecule has 0 aromatic rings. The first kappa shape index (κ1) is 30.0. The Morgan fingerprint density at radius 2 is 2.08 bits per heavy atom. The van der Waals surface area contributed by atoms with E-state index in [2.05, 4.69) is 50.1 Å². The lowest BCUT2D eigenvalue weighted by Crippen LogP contribution is -2.42. The van der Waals surface area contributed by atoms with Gasteiger partial charge in [-0.3, -0.25) is 9.89 Å². The summed E-state index contributed by atoms with van der Waals surface area (Å²) in [6.07, 6.45) is 8.75. The van der Waals surface area contributed by atoms with E-state index in [0.29, 0.717) is 17.9 Å². The molecule has 0 bridgehead atoms. The van der Waals surface area contributed by atoms with Crippen LogP contribution in [0.4, 0.5) is 13.2 Å². The van der Waals surface area contributed by atoms with Gasteiger partial charge in [0.05, 0.1) is 18.4 Å². The SMILES string of the molecule is C=C/C(OC)=C(\C=C/CP1CCN(C2CC2)CC1)NC1=NCN/C=C(/C(F)(F)F)C(=C)C(=NC(C)CC)N1. The predicted octanol–water partition coefficient (Wildman–Crippen LogP) is 4.84. The van der Waals surface area contributed by atoms with E-state index in [4.69, 9.17) is 4.74 Å². The molecule has 11 heteroatoms. The van der Waals surface area contributed by atoms with Gasteiger partial charge in [-0.2, -0.15) is 13.2 Å². The van der Waals surface area contributed by atoms with Crippen LogP contribution < -0.4 is 16.0 Å². The standard InChI is InChI=1S/C27H40F3N6OP/c1-6-19(3)33-25-20(4)22(27(28,29)30)17-31-18-32-26(35-25)34-23(24(7-2)37-5)9-8-14-38-15-12-36(13-16-38)21-10-11-21/h7-9,17,19,21,31H,2,4,6,10-16,18H2,1,3,5H3,(H2,32,33,34,35)/b9-8-,22-17+,24-23-. The van der Waals surface area contributed by atoms with E-state index in [0.717, 1.165) is 18.4 Å². The first-order valence-electron chi connectivity index (χ1n) is 13.1. The summed E-state index contributed by atoms with van der Waals surface area (Å²) in [5, 5.41) is 8.75. The van der Waals surface area contributed by atoms with Crippen LogP contribution in [0.3, 0.4) is 0 Å². The fourth-order valence-corrected chi connectivity index (χ4v) is 6.22. The second-order valence-electron chi connectivity index (χ2n) is 9.54. The molecule has 1 saturated carbocycles. The zero-order valence-electron chi connectivity index (χ0n) is 22.6.